The fourth-order valence-electron chi connectivity index (χ4n) is 1.73. The summed E-state index contributed by atoms with van der Waals surface area (Å²) in [5.74, 6) is -1.55. The predicted octanol–water partition coefficient (Wildman–Crippen LogP) is 1.51. The first-order valence-electron chi connectivity index (χ1n) is 6.62. The van der Waals surface area contributed by atoms with E-state index in [-0.39, 0.29) is 19.1 Å². The van der Waals surface area contributed by atoms with E-state index >= 15 is 0 Å². The van der Waals surface area contributed by atoms with Crippen molar-refractivity contribution in [1.82, 2.24) is 4.90 Å². The van der Waals surface area contributed by atoms with Crippen LogP contribution in [-0.4, -0.2) is 41.6 Å². The quantitative estimate of drug-likeness (QED) is 0.822. The molecule has 0 aliphatic carbocycles. The summed E-state index contributed by atoms with van der Waals surface area (Å²) in [6.07, 6.45) is 0. The van der Waals surface area contributed by atoms with Crippen molar-refractivity contribution in [3.63, 3.8) is 0 Å². The molecule has 1 atom stereocenters. The Kier molecular flexibility index (Phi) is 6.21. The zero-order valence-corrected chi connectivity index (χ0v) is 12.1. The van der Waals surface area contributed by atoms with Crippen LogP contribution in [0.5, 0.6) is 5.75 Å². The van der Waals surface area contributed by atoms with Gasteiger partial charge in [-0.2, -0.15) is 5.26 Å². The van der Waals surface area contributed by atoms with Crippen LogP contribution >= 0.6 is 0 Å². The summed E-state index contributed by atoms with van der Waals surface area (Å²) >= 11 is 0. The second-order valence-corrected chi connectivity index (χ2v) is 4.57. The third-order valence-corrected chi connectivity index (χ3v) is 3.01. The number of ether oxygens (including phenoxy) is 1. The van der Waals surface area contributed by atoms with Crippen molar-refractivity contribution in [3.8, 4) is 11.8 Å². The molecule has 112 valence electrons. The molecule has 0 aromatic heterocycles. The van der Waals surface area contributed by atoms with E-state index in [1.54, 1.807) is 38.1 Å². The summed E-state index contributed by atoms with van der Waals surface area (Å²) in [4.78, 5) is 24.3. The lowest BCUT2D eigenvalue weighted by Crippen LogP contribution is -2.39. The van der Waals surface area contributed by atoms with Crippen molar-refractivity contribution in [2.45, 2.75) is 13.8 Å². The number of benzene rings is 1. The Labute approximate surface area is 123 Å². The molecule has 6 nitrogen and oxygen atoms in total. The first-order valence-corrected chi connectivity index (χ1v) is 6.62. The largest absolute Gasteiger partial charge is 0.482 e. The number of para-hydroxylation sites is 1. The first kappa shape index (κ1) is 16.5. The highest BCUT2D eigenvalue weighted by atomic mass is 16.5. The molecule has 0 spiro atoms. The number of amides is 1. The molecule has 0 bridgehead atoms. The van der Waals surface area contributed by atoms with Crippen LogP contribution in [0.4, 0.5) is 0 Å². The highest BCUT2D eigenvalue weighted by Gasteiger charge is 2.19. The molecule has 0 saturated carbocycles. The number of aliphatic carboxylic acids is 1. The van der Waals surface area contributed by atoms with Gasteiger partial charge in [-0.25, -0.2) is 0 Å². The van der Waals surface area contributed by atoms with Crippen LogP contribution in [0.2, 0.25) is 0 Å². The zero-order chi connectivity index (χ0) is 15.8. The molecule has 0 heterocycles. The maximum Gasteiger partial charge on any atom is 0.308 e. The van der Waals surface area contributed by atoms with Gasteiger partial charge in [0.2, 0.25) is 0 Å². The second kappa shape index (κ2) is 7.90. The molecule has 0 radical (unpaired) electrons. The molecular weight excluding hydrogens is 272 g/mol. The van der Waals surface area contributed by atoms with E-state index in [4.69, 9.17) is 15.1 Å². The summed E-state index contributed by atoms with van der Waals surface area (Å²) in [6, 6.07) is 8.62. The fourth-order valence-corrected chi connectivity index (χ4v) is 1.73. The summed E-state index contributed by atoms with van der Waals surface area (Å²) in [5.41, 5.74) is 0.354. The topological polar surface area (TPSA) is 90.6 Å². The molecule has 21 heavy (non-hydrogen) atoms. The molecule has 0 aliphatic heterocycles. The maximum absolute atomic E-state index is 12.0. The van der Waals surface area contributed by atoms with Crippen LogP contribution < -0.4 is 4.74 Å². The Bertz CT molecular complexity index is 551. The van der Waals surface area contributed by atoms with E-state index in [2.05, 4.69) is 0 Å². The molecule has 0 aliphatic rings. The molecule has 1 aromatic carbocycles. The van der Waals surface area contributed by atoms with Gasteiger partial charge in [0.15, 0.2) is 6.61 Å². The molecular formula is C15H18N2O4. The normalized spacial score (nSPS) is 11.3. The van der Waals surface area contributed by atoms with E-state index in [9.17, 15) is 9.59 Å². The van der Waals surface area contributed by atoms with Crippen molar-refractivity contribution in [1.29, 1.82) is 5.26 Å². The third-order valence-electron chi connectivity index (χ3n) is 3.01. The molecule has 1 unspecified atom stereocenters. The summed E-state index contributed by atoms with van der Waals surface area (Å²) in [7, 11) is 0. The predicted molar refractivity (Wildman–Crippen MR) is 75.7 cm³/mol. The first-order chi connectivity index (χ1) is 9.99. The van der Waals surface area contributed by atoms with E-state index in [0.29, 0.717) is 17.9 Å². The summed E-state index contributed by atoms with van der Waals surface area (Å²) < 4.78 is 5.35. The number of hydrogen-bond acceptors (Lipinski definition) is 4. The standard InChI is InChI=1S/C15H18N2O4/c1-3-17(9-11(2)15(19)20)14(18)10-21-13-7-5-4-6-12(13)8-16/h4-7,11H,3,9-10H2,1-2H3,(H,19,20). The van der Waals surface area contributed by atoms with Gasteiger partial charge < -0.3 is 14.7 Å². The minimum atomic E-state index is -0.947. The minimum absolute atomic E-state index is 0.133. The number of carbonyl (C=O) groups is 2. The van der Waals surface area contributed by atoms with E-state index in [0.717, 1.165) is 0 Å². The maximum atomic E-state index is 12.0. The van der Waals surface area contributed by atoms with Crippen LogP contribution in [0.25, 0.3) is 0 Å². The van der Waals surface area contributed by atoms with Crippen molar-refractivity contribution < 1.29 is 19.4 Å². The number of nitrogens with zero attached hydrogens (tertiary/aromatic N) is 2. The molecule has 6 heteroatoms. The van der Waals surface area contributed by atoms with Crippen LogP contribution in [0.3, 0.4) is 0 Å². The Balaban J connectivity index is 2.63. The van der Waals surface area contributed by atoms with Gasteiger partial charge in [-0.1, -0.05) is 19.1 Å². The van der Waals surface area contributed by atoms with Gasteiger partial charge >= 0.3 is 5.97 Å². The van der Waals surface area contributed by atoms with Crippen molar-refractivity contribution in [2.75, 3.05) is 19.7 Å². The van der Waals surface area contributed by atoms with E-state index in [1.807, 2.05) is 6.07 Å². The molecule has 1 amide bonds. The average Bonchev–Trinajstić information content (AvgIpc) is 2.49. The smallest absolute Gasteiger partial charge is 0.308 e. The van der Waals surface area contributed by atoms with E-state index in [1.165, 1.54) is 4.90 Å². The van der Waals surface area contributed by atoms with Crippen molar-refractivity contribution >= 4 is 11.9 Å². The number of carboxylic acid groups (broad SMARTS) is 1. The summed E-state index contributed by atoms with van der Waals surface area (Å²) in [6.45, 7) is 3.63. The van der Waals surface area contributed by atoms with Gasteiger partial charge in [-0.3, -0.25) is 9.59 Å². The lowest BCUT2D eigenvalue weighted by molar-refractivity contribution is -0.143. The number of rotatable bonds is 7. The van der Waals surface area contributed by atoms with Crippen molar-refractivity contribution in [3.05, 3.63) is 29.8 Å². The third kappa shape index (κ3) is 4.80. The second-order valence-electron chi connectivity index (χ2n) is 4.57. The van der Waals surface area contributed by atoms with Gasteiger partial charge in [-0.05, 0) is 19.1 Å². The van der Waals surface area contributed by atoms with Crippen LogP contribution in [0, 0.1) is 17.2 Å². The van der Waals surface area contributed by atoms with E-state index < -0.39 is 11.9 Å². The van der Waals surface area contributed by atoms with Gasteiger partial charge in [0, 0.05) is 13.1 Å². The molecule has 0 saturated heterocycles. The molecule has 1 N–H and O–H groups in total. The Morgan fingerprint density at radius 1 is 1.43 bits per heavy atom. The van der Waals surface area contributed by atoms with Gasteiger partial charge in [0.05, 0.1) is 11.5 Å². The fraction of sp³-hybridized carbons (Fsp3) is 0.400. The number of carboxylic acids is 1. The number of carbonyl (C=O) groups excluding carboxylic acids is 1. The monoisotopic (exact) mass is 290 g/mol. The summed E-state index contributed by atoms with van der Waals surface area (Å²) in [5, 5.41) is 17.8. The highest BCUT2D eigenvalue weighted by Crippen LogP contribution is 2.16. The molecule has 1 rings (SSSR count). The van der Waals surface area contributed by atoms with Crippen LogP contribution in [0.1, 0.15) is 19.4 Å². The van der Waals surface area contributed by atoms with Crippen LogP contribution in [-0.2, 0) is 9.59 Å². The number of likely N-dealkylation sites (N-methyl/N-ethyl adjacent to an activating group) is 1. The SMILES string of the molecule is CCN(CC(C)C(=O)O)C(=O)COc1ccccc1C#N. The number of hydrogen-bond donors (Lipinski definition) is 1. The van der Waals surface area contributed by atoms with Gasteiger partial charge in [-0.15, -0.1) is 0 Å². The Hall–Kier alpha value is -2.55. The zero-order valence-electron chi connectivity index (χ0n) is 12.1. The Morgan fingerprint density at radius 3 is 2.67 bits per heavy atom. The average molecular weight is 290 g/mol. The van der Waals surface area contributed by atoms with Gasteiger partial charge in [0.25, 0.3) is 5.91 Å². The van der Waals surface area contributed by atoms with Gasteiger partial charge in [0.1, 0.15) is 11.8 Å². The molecule has 0 fully saturated rings. The lowest BCUT2D eigenvalue weighted by Gasteiger charge is -2.23. The minimum Gasteiger partial charge on any atom is -0.482 e. The lowest BCUT2D eigenvalue weighted by atomic mass is 10.1. The molecule has 1 aromatic rings. The Morgan fingerprint density at radius 2 is 2.10 bits per heavy atom. The highest BCUT2D eigenvalue weighted by molar-refractivity contribution is 5.79. The van der Waals surface area contributed by atoms with Crippen LogP contribution in [0.15, 0.2) is 24.3 Å². The number of nitriles is 1. The van der Waals surface area contributed by atoms with Crippen molar-refractivity contribution in [2.24, 2.45) is 5.92 Å².